The van der Waals surface area contributed by atoms with E-state index in [0.29, 0.717) is 16.4 Å². The van der Waals surface area contributed by atoms with Gasteiger partial charge in [-0.1, -0.05) is 18.2 Å². The van der Waals surface area contributed by atoms with Crippen molar-refractivity contribution in [1.82, 2.24) is 9.88 Å². The van der Waals surface area contributed by atoms with Crippen LogP contribution in [0.2, 0.25) is 0 Å². The summed E-state index contributed by atoms with van der Waals surface area (Å²) in [6.45, 7) is 0.252. The Labute approximate surface area is 165 Å². The number of hydrogen-bond acceptors (Lipinski definition) is 5. The molecule has 1 aliphatic carbocycles. The fraction of sp³-hybridized carbons (Fsp3) is 0.250. The molecule has 2 heterocycles. The molecular weight excluding hydrogens is 381 g/mol. The second-order valence-corrected chi connectivity index (χ2v) is 7.45. The second kappa shape index (κ2) is 7.93. The van der Waals surface area contributed by atoms with Gasteiger partial charge >= 0.3 is 0 Å². The van der Waals surface area contributed by atoms with E-state index in [2.05, 4.69) is 10.3 Å². The van der Waals surface area contributed by atoms with E-state index < -0.39 is 5.91 Å². The maximum absolute atomic E-state index is 14.0. The highest BCUT2D eigenvalue weighted by molar-refractivity contribution is 7.14. The number of rotatable bonds is 7. The minimum absolute atomic E-state index is 0.0973. The molecule has 1 aromatic carbocycles. The van der Waals surface area contributed by atoms with Crippen LogP contribution < -0.4 is 5.32 Å². The number of benzene rings is 1. The Bertz CT molecular complexity index is 982. The van der Waals surface area contributed by atoms with Crippen molar-refractivity contribution < 1.29 is 18.4 Å². The molecule has 3 aromatic rings. The quantitative estimate of drug-likeness (QED) is 0.655. The summed E-state index contributed by atoms with van der Waals surface area (Å²) in [6, 6.07) is 9.84. The van der Waals surface area contributed by atoms with Crippen LogP contribution in [-0.2, 0) is 17.8 Å². The van der Waals surface area contributed by atoms with E-state index in [4.69, 9.17) is 4.42 Å². The van der Waals surface area contributed by atoms with Gasteiger partial charge in [0.15, 0.2) is 10.9 Å². The van der Waals surface area contributed by atoms with Gasteiger partial charge in [-0.3, -0.25) is 14.9 Å². The average molecular weight is 399 g/mol. The molecule has 0 atom stereocenters. The Kier molecular flexibility index (Phi) is 5.21. The number of carbonyl (C=O) groups is 2. The molecule has 8 heteroatoms. The van der Waals surface area contributed by atoms with Crippen LogP contribution >= 0.6 is 11.3 Å². The molecule has 2 aromatic heterocycles. The highest BCUT2D eigenvalue weighted by Gasteiger charge is 2.33. The van der Waals surface area contributed by atoms with Gasteiger partial charge in [0.25, 0.3) is 5.91 Å². The van der Waals surface area contributed by atoms with Gasteiger partial charge in [0.1, 0.15) is 5.82 Å². The molecule has 1 N–H and O–H groups in total. The highest BCUT2D eigenvalue weighted by Crippen LogP contribution is 2.30. The molecule has 144 valence electrons. The first-order valence-corrected chi connectivity index (χ1v) is 9.80. The lowest BCUT2D eigenvalue weighted by Crippen LogP contribution is -2.34. The van der Waals surface area contributed by atoms with Crippen molar-refractivity contribution in [1.29, 1.82) is 0 Å². The van der Waals surface area contributed by atoms with Gasteiger partial charge in [0.05, 0.1) is 18.4 Å². The van der Waals surface area contributed by atoms with Crippen LogP contribution in [0.15, 0.2) is 52.5 Å². The van der Waals surface area contributed by atoms with Crippen LogP contribution in [0.5, 0.6) is 0 Å². The first-order valence-electron chi connectivity index (χ1n) is 8.92. The minimum atomic E-state index is -0.392. The summed E-state index contributed by atoms with van der Waals surface area (Å²) in [5.74, 6) is -0.605. The van der Waals surface area contributed by atoms with Gasteiger partial charge in [-0.25, -0.2) is 9.37 Å². The molecule has 0 radical (unpaired) electrons. The summed E-state index contributed by atoms with van der Waals surface area (Å²) in [4.78, 5) is 30.8. The lowest BCUT2D eigenvalue weighted by atomic mass is 10.2. The second-order valence-electron chi connectivity index (χ2n) is 6.60. The van der Waals surface area contributed by atoms with Gasteiger partial charge in [0.2, 0.25) is 5.91 Å². The number of anilines is 1. The van der Waals surface area contributed by atoms with E-state index in [-0.39, 0.29) is 36.5 Å². The third kappa shape index (κ3) is 4.28. The number of furan rings is 1. The number of carbonyl (C=O) groups excluding carboxylic acids is 2. The van der Waals surface area contributed by atoms with Crippen molar-refractivity contribution in [2.24, 2.45) is 0 Å². The normalized spacial score (nSPS) is 13.3. The molecule has 0 saturated heterocycles. The van der Waals surface area contributed by atoms with Crippen LogP contribution in [0.3, 0.4) is 0 Å². The Morgan fingerprint density at radius 3 is 2.79 bits per heavy atom. The van der Waals surface area contributed by atoms with Crippen molar-refractivity contribution >= 4 is 28.3 Å². The largest absolute Gasteiger partial charge is 0.459 e. The Morgan fingerprint density at radius 1 is 1.25 bits per heavy atom. The Morgan fingerprint density at radius 2 is 2.07 bits per heavy atom. The maximum atomic E-state index is 14.0. The van der Waals surface area contributed by atoms with E-state index in [1.165, 1.54) is 23.7 Å². The minimum Gasteiger partial charge on any atom is -0.459 e. The van der Waals surface area contributed by atoms with Gasteiger partial charge in [-0.15, -0.1) is 11.3 Å². The highest BCUT2D eigenvalue weighted by atomic mass is 32.1. The summed E-state index contributed by atoms with van der Waals surface area (Å²) >= 11 is 1.24. The molecule has 6 nitrogen and oxygen atoms in total. The molecular formula is C20H18FN3O3S. The van der Waals surface area contributed by atoms with Gasteiger partial charge in [-0.2, -0.15) is 0 Å². The number of amides is 2. The summed E-state index contributed by atoms with van der Waals surface area (Å²) in [6.07, 6.45) is 3.39. The van der Waals surface area contributed by atoms with Crippen molar-refractivity contribution in [3.63, 3.8) is 0 Å². The lowest BCUT2D eigenvalue weighted by Gasteiger charge is -2.22. The van der Waals surface area contributed by atoms with Crippen LogP contribution in [0.4, 0.5) is 9.52 Å². The van der Waals surface area contributed by atoms with E-state index in [1.54, 1.807) is 40.6 Å². The van der Waals surface area contributed by atoms with E-state index in [9.17, 15) is 14.0 Å². The van der Waals surface area contributed by atoms with Crippen LogP contribution in [0.1, 0.15) is 34.7 Å². The van der Waals surface area contributed by atoms with Crippen molar-refractivity contribution in [3.8, 4) is 0 Å². The predicted molar refractivity (Wildman–Crippen MR) is 102 cm³/mol. The van der Waals surface area contributed by atoms with E-state index >= 15 is 0 Å². The van der Waals surface area contributed by atoms with Gasteiger partial charge in [0, 0.05) is 23.5 Å². The van der Waals surface area contributed by atoms with Crippen molar-refractivity contribution in [2.75, 3.05) is 5.32 Å². The standard InChI is InChI=1S/C20H18FN3O3S/c21-16-5-2-1-4-13(16)11-24(15-7-8-15)18(25)10-14-12-28-20(22-14)23-19(26)17-6-3-9-27-17/h1-6,9,12,15H,7-8,10-11H2,(H,22,23,26). The lowest BCUT2D eigenvalue weighted by molar-refractivity contribution is -0.131. The third-order valence-electron chi connectivity index (χ3n) is 4.46. The third-order valence-corrected chi connectivity index (χ3v) is 5.26. The monoisotopic (exact) mass is 399 g/mol. The molecule has 0 spiro atoms. The Hall–Kier alpha value is -3.00. The van der Waals surface area contributed by atoms with Gasteiger partial charge < -0.3 is 9.32 Å². The molecule has 1 fully saturated rings. The molecule has 28 heavy (non-hydrogen) atoms. The molecule has 2 amide bonds. The SMILES string of the molecule is O=C(Nc1nc(CC(=O)N(Cc2ccccc2F)C2CC2)cs1)c1ccco1. The zero-order chi connectivity index (χ0) is 19.5. The number of nitrogens with one attached hydrogen (secondary N) is 1. The number of hydrogen-bond donors (Lipinski definition) is 1. The smallest absolute Gasteiger partial charge is 0.293 e. The number of nitrogens with zero attached hydrogens (tertiary/aromatic N) is 2. The zero-order valence-electron chi connectivity index (χ0n) is 14.9. The van der Waals surface area contributed by atoms with Gasteiger partial charge in [-0.05, 0) is 31.0 Å². The molecule has 4 rings (SSSR count). The number of aromatic nitrogens is 1. The van der Waals surface area contributed by atoms with Crippen LogP contribution in [0, 0.1) is 5.82 Å². The summed E-state index contributed by atoms with van der Waals surface area (Å²) in [7, 11) is 0. The summed E-state index contributed by atoms with van der Waals surface area (Å²) in [5.41, 5.74) is 1.08. The maximum Gasteiger partial charge on any atom is 0.293 e. The fourth-order valence-electron chi connectivity index (χ4n) is 2.89. The molecule has 0 aliphatic heterocycles. The van der Waals surface area contributed by atoms with Crippen molar-refractivity contribution in [3.05, 3.63) is 70.9 Å². The predicted octanol–water partition coefficient (Wildman–Crippen LogP) is 3.86. The zero-order valence-corrected chi connectivity index (χ0v) is 15.7. The summed E-state index contributed by atoms with van der Waals surface area (Å²) < 4.78 is 19.0. The molecule has 1 aliphatic rings. The Balaban J connectivity index is 1.40. The summed E-state index contributed by atoms with van der Waals surface area (Å²) in [5, 5.41) is 4.79. The topological polar surface area (TPSA) is 75.4 Å². The van der Waals surface area contributed by atoms with Crippen molar-refractivity contribution in [2.45, 2.75) is 31.8 Å². The van der Waals surface area contributed by atoms with Crippen LogP contribution in [0.25, 0.3) is 0 Å². The van der Waals surface area contributed by atoms with Crippen LogP contribution in [-0.4, -0.2) is 27.7 Å². The average Bonchev–Trinajstić information content (AvgIpc) is 3.17. The first-order chi connectivity index (χ1) is 13.6. The molecule has 1 saturated carbocycles. The van der Waals surface area contributed by atoms with E-state index in [1.807, 2.05) is 0 Å². The fourth-order valence-corrected chi connectivity index (χ4v) is 3.59. The molecule has 0 unspecified atom stereocenters. The first kappa shape index (κ1) is 18.4. The molecule has 0 bridgehead atoms. The number of halogens is 1. The number of thiazole rings is 1. The van der Waals surface area contributed by atoms with E-state index in [0.717, 1.165) is 12.8 Å².